The highest BCUT2D eigenvalue weighted by atomic mass is 15.3. The summed E-state index contributed by atoms with van der Waals surface area (Å²) >= 11 is 0. The first-order valence-electron chi connectivity index (χ1n) is 9.83. The Morgan fingerprint density at radius 3 is 2.63 bits per heavy atom. The second-order valence-electron chi connectivity index (χ2n) is 7.74. The molecule has 0 amide bonds. The zero-order chi connectivity index (χ0) is 18.8. The molecule has 2 heterocycles. The van der Waals surface area contributed by atoms with Gasteiger partial charge in [-0.05, 0) is 36.5 Å². The van der Waals surface area contributed by atoms with Crippen molar-refractivity contribution < 1.29 is 0 Å². The van der Waals surface area contributed by atoms with Gasteiger partial charge in [0.05, 0.1) is 6.20 Å². The number of benzene rings is 1. The minimum Gasteiger partial charge on any atom is -0.399 e. The van der Waals surface area contributed by atoms with Crippen molar-refractivity contribution in [3.63, 3.8) is 0 Å². The molecule has 0 unspecified atom stereocenters. The summed E-state index contributed by atoms with van der Waals surface area (Å²) in [5.74, 6) is 2.25. The van der Waals surface area contributed by atoms with E-state index in [1.54, 1.807) is 0 Å². The Morgan fingerprint density at radius 1 is 1.19 bits per heavy atom. The second kappa shape index (κ2) is 7.47. The van der Waals surface area contributed by atoms with Crippen LogP contribution in [-0.4, -0.2) is 20.6 Å². The van der Waals surface area contributed by atoms with Crippen molar-refractivity contribution in [1.29, 1.82) is 0 Å². The topological polar surface area (TPSA) is 80.3 Å². The zero-order valence-electron chi connectivity index (χ0n) is 16.1. The third-order valence-electron chi connectivity index (χ3n) is 5.28. The van der Waals surface area contributed by atoms with Crippen LogP contribution >= 0.6 is 0 Å². The number of hydrogen-bond acceptors (Lipinski definition) is 5. The molecule has 1 aliphatic carbocycles. The lowest BCUT2D eigenvalue weighted by Gasteiger charge is -2.16. The number of rotatable bonds is 6. The second-order valence-corrected chi connectivity index (χ2v) is 7.74. The Bertz CT molecular complexity index is 906. The third-order valence-corrected chi connectivity index (χ3v) is 5.28. The molecular weight excluding hydrogens is 336 g/mol. The average Bonchev–Trinajstić information content (AvgIpc) is 3.30. The van der Waals surface area contributed by atoms with E-state index in [2.05, 4.69) is 35.6 Å². The number of anilines is 3. The molecule has 0 radical (unpaired) electrons. The molecule has 27 heavy (non-hydrogen) atoms. The van der Waals surface area contributed by atoms with E-state index in [0.717, 1.165) is 23.0 Å². The average molecular weight is 364 g/mol. The van der Waals surface area contributed by atoms with Gasteiger partial charge in [-0.15, -0.1) is 0 Å². The molecule has 1 fully saturated rings. The lowest BCUT2D eigenvalue weighted by molar-refractivity contribution is 0.749. The maximum atomic E-state index is 5.79. The lowest BCUT2D eigenvalue weighted by atomic mass is 10.1. The monoisotopic (exact) mass is 364 g/mol. The van der Waals surface area contributed by atoms with Gasteiger partial charge in [-0.25, -0.2) is 4.98 Å². The highest BCUT2D eigenvalue weighted by molar-refractivity contribution is 5.61. The van der Waals surface area contributed by atoms with Crippen LogP contribution < -0.4 is 16.4 Å². The molecule has 0 bridgehead atoms. The Hall–Kier alpha value is -2.76. The molecule has 142 valence electrons. The van der Waals surface area contributed by atoms with Gasteiger partial charge in [-0.3, -0.25) is 0 Å². The normalized spacial score (nSPS) is 14.9. The largest absolute Gasteiger partial charge is 0.399 e. The first-order chi connectivity index (χ1) is 13.1. The molecule has 0 saturated heterocycles. The van der Waals surface area contributed by atoms with Gasteiger partial charge in [0.1, 0.15) is 11.6 Å². The van der Waals surface area contributed by atoms with Crippen molar-refractivity contribution in [1.82, 2.24) is 14.6 Å². The van der Waals surface area contributed by atoms with Crippen molar-refractivity contribution >= 4 is 23.0 Å². The maximum absolute atomic E-state index is 5.79. The summed E-state index contributed by atoms with van der Waals surface area (Å²) in [5, 5.41) is 11.7. The predicted molar refractivity (Wildman–Crippen MR) is 111 cm³/mol. The van der Waals surface area contributed by atoms with Crippen molar-refractivity contribution in [3.05, 3.63) is 47.7 Å². The quantitative estimate of drug-likeness (QED) is 0.565. The van der Waals surface area contributed by atoms with Crippen LogP contribution in [0.3, 0.4) is 0 Å². The van der Waals surface area contributed by atoms with Gasteiger partial charge in [0.15, 0.2) is 5.65 Å². The summed E-state index contributed by atoms with van der Waals surface area (Å²) < 4.78 is 1.91. The number of hydrogen-bond donors (Lipinski definition) is 3. The van der Waals surface area contributed by atoms with Gasteiger partial charge < -0.3 is 16.4 Å². The minimum atomic E-state index is 0.377. The van der Waals surface area contributed by atoms with E-state index in [4.69, 9.17) is 10.7 Å². The van der Waals surface area contributed by atoms with Crippen LogP contribution in [0.15, 0.2) is 36.5 Å². The van der Waals surface area contributed by atoms with E-state index >= 15 is 0 Å². The molecule has 1 aliphatic rings. The number of nitrogens with zero attached hydrogens (tertiary/aromatic N) is 3. The van der Waals surface area contributed by atoms with Crippen molar-refractivity contribution in [3.8, 4) is 0 Å². The van der Waals surface area contributed by atoms with Crippen LogP contribution in [0.1, 0.15) is 56.6 Å². The predicted octanol–water partition coefficient (Wildman–Crippen LogP) is 4.40. The highest BCUT2D eigenvalue weighted by Crippen LogP contribution is 2.27. The first-order valence-corrected chi connectivity index (χ1v) is 9.83. The summed E-state index contributed by atoms with van der Waals surface area (Å²) in [7, 11) is 0. The number of nitrogens with two attached hydrogens (primary N) is 1. The molecule has 6 nitrogen and oxygen atoms in total. The van der Waals surface area contributed by atoms with E-state index in [-0.39, 0.29) is 0 Å². The molecule has 3 aromatic rings. The van der Waals surface area contributed by atoms with E-state index in [9.17, 15) is 0 Å². The molecule has 0 aliphatic heterocycles. The Morgan fingerprint density at radius 2 is 1.93 bits per heavy atom. The summed E-state index contributed by atoms with van der Waals surface area (Å²) in [4.78, 5) is 4.88. The molecule has 0 spiro atoms. The van der Waals surface area contributed by atoms with Crippen LogP contribution in [-0.2, 0) is 6.54 Å². The van der Waals surface area contributed by atoms with Crippen molar-refractivity contribution in [2.45, 2.75) is 58.0 Å². The van der Waals surface area contributed by atoms with Gasteiger partial charge >= 0.3 is 0 Å². The van der Waals surface area contributed by atoms with Gasteiger partial charge in [-0.2, -0.15) is 9.61 Å². The number of nitrogen functional groups attached to an aromatic ring is 1. The van der Waals surface area contributed by atoms with E-state index < -0.39 is 0 Å². The van der Waals surface area contributed by atoms with Crippen molar-refractivity contribution in [2.75, 3.05) is 16.4 Å². The number of nitrogens with one attached hydrogen (secondary N) is 2. The molecule has 4 rings (SSSR count). The van der Waals surface area contributed by atoms with Gasteiger partial charge in [0.2, 0.25) is 0 Å². The summed E-state index contributed by atoms with van der Waals surface area (Å²) in [6, 6.07) is 10.5. The molecule has 1 saturated carbocycles. The summed E-state index contributed by atoms with van der Waals surface area (Å²) in [6.07, 6.45) is 6.97. The van der Waals surface area contributed by atoms with Crippen LogP contribution in [0, 0.1) is 0 Å². The molecule has 0 atom stereocenters. The number of aromatic nitrogens is 3. The standard InChI is InChI=1S/C21H28N6/c1-14(2)18-13-24-27-20(23-12-15-7-9-16(22)10-8-15)11-19(26-21(18)27)25-17-5-3-4-6-17/h7-11,13-14,17,23H,3-6,12,22H2,1-2H3,(H,25,26). The Balaban J connectivity index is 1.64. The van der Waals surface area contributed by atoms with Gasteiger partial charge in [0.25, 0.3) is 0 Å². The highest BCUT2D eigenvalue weighted by Gasteiger charge is 2.18. The van der Waals surface area contributed by atoms with E-state index in [0.29, 0.717) is 18.5 Å². The zero-order valence-corrected chi connectivity index (χ0v) is 16.1. The molecular formula is C21H28N6. The van der Waals surface area contributed by atoms with Crippen LogP contribution in [0.2, 0.25) is 0 Å². The van der Waals surface area contributed by atoms with Crippen LogP contribution in [0.25, 0.3) is 5.65 Å². The summed E-state index contributed by atoms with van der Waals surface area (Å²) in [6.45, 7) is 5.06. The van der Waals surface area contributed by atoms with Gasteiger partial charge in [-0.1, -0.05) is 38.8 Å². The lowest BCUT2D eigenvalue weighted by Crippen LogP contribution is -2.17. The fourth-order valence-electron chi connectivity index (χ4n) is 3.69. The molecule has 6 heteroatoms. The SMILES string of the molecule is CC(C)c1cnn2c(NCc3ccc(N)cc3)cc(NC3CCCC3)nc12. The third kappa shape index (κ3) is 3.84. The fourth-order valence-corrected chi connectivity index (χ4v) is 3.69. The van der Waals surface area contributed by atoms with Crippen molar-refractivity contribution in [2.24, 2.45) is 0 Å². The van der Waals surface area contributed by atoms with Gasteiger partial charge in [0, 0.05) is 29.9 Å². The van der Waals surface area contributed by atoms with Crippen LogP contribution in [0.5, 0.6) is 0 Å². The fraction of sp³-hybridized carbons (Fsp3) is 0.429. The van der Waals surface area contributed by atoms with E-state index in [1.807, 2.05) is 35.0 Å². The molecule has 2 aromatic heterocycles. The van der Waals surface area contributed by atoms with Crippen LogP contribution in [0.4, 0.5) is 17.3 Å². The Kier molecular flexibility index (Phi) is 4.88. The smallest absolute Gasteiger partial charge is 0.163 e. The molecule has 4 N–H and O–H groups in total. The van der Waals surface area contributed by atoms with E-state index in [1.165, 1.54) is 36.8 Å². The maximum Gasteiger partial charge on any atom is 0.163 e. The number of fused-ring (bicyclic) bond motifs is 1. The first kappa shape index (κ1) is 17.6. The Labute approximate surface area is 160 Å². The minimum absolute atomic E-state index is 0.377. The molecule has 1 aromatic carbocycles. The summed E-state index contributed by atoms with van der Waals surface area (Å²) in [5.41, 5.74) is 9.83.